The van der Waals surface area contributed by atoms with Crippen LogP contribution in [0.15, 0.2) is 60.9 Å². The highest BCUT2D eigenvalue weighted by molar-refractivity contribution is 5.98. The van der Waals surface area contributed by atoms with Crippen molar-refractivity contribution >= 4 is 22.6 Å². The number of fused-ring (bicyclic) bond motifs is 1. The second kappa shape index (κ2) is 9.43. The maximum Gasteiger partial charge on any atom is 0.253 e. The van der Waals surface area contributed by atoms with Crippen molar-refractivity contribution in [2.75, 3.05) is 59.3 Å². The minimum Gasteiger partial charge on any atom is -0.495 e. The van der Waals surface area contributed by atoms with Crippen molar-refractivity contribution in [3.8, 4) is 28.0 Å². The fourth-order valence-electron chi connectivity index (χ4n) is 4.62. The first-order chi connectivity index (χ1) is 16.9. The Kier molecular flexibility index (Phi) is 6.17. The van der Waals surface area contributed by atoms with Gasteiger partial charge in [-0.3, -0.25) is 4.79 Å². The normalized spacial score (nSPS) is 14.3. The van der Waals surface area contributed by atoms with Crippen molar-refractivity contribution in [3.63, 3.8) is 0 Å². The van der Waals surface area contributed by atoms with Gasteiger partial charge in [-0.1, -0.05) is 18.2 Å². The Morgan fingerprint density at radius 3 is 2.37 bits per heavy atom. The molecule has 1 amide bonds. The molecular formula is C28H31N5O2. The van der Waals surface area contributed by atoms with E-state index in [4.69, 9.17) is 4.74 Å². The third kappa shape index (κ3) is 4.47. The average molecular weight is 470 g/mol. The molecule has 7 heteroatoms. The number of rotatable bonds is 5. The van der Waals surface area contributed by atoms with Crippen LogP contribution in [0, 0.1) is 0 Å². The molecule has 0 saturated carbocycles. The smallest absolute Gasteiger partial charge is 0.253 e. The third-order valence-electron chi connectivity index (χ3n) is 6.74. The minimum absolute atomic E-state index is 0.00611. The van der Waals surface area contributed by atoms with Crippen LogP contribution in [-0.4, -0.2) is 80.1 Å². The van der Waals surface area contributed by atoms with Crippen LogP contribution in [-0.2, 0) is 0 Å². The molecule has 0 aliphatic carbocycles. The predicted molar refractivity (Wildman–Crippen MR) is 141 cm³/mol. The number of benzene rings is 2. The van der Waals surface area contributed by atoms with Crippen molar-refractivity contribution in [1.29, 1.82) is 0 Å². The number of carbonyl (C=O) groups is 1. The van der Waals surface area contributed by atoms with E-state index in [2.05, 4.69) is 51.1 Å². The number of ether oxygens (including phenoxy) is 1. The van der Waals surface area contributed by atoms with Gasteiger partial charge in [0.1, 0.15) is 11.4 Å². The Morgan fingerprint density at radius 2 is 1.69 bits per heavy atom. The summed E-state index contributed by atoms with van der Waals surface area (Å²) in [7, 11) is 7.41. The Balaban J connectivity index is 1.47. The van der Waals surface area contributed by atoms with Crippen molar-refractivity contribution in [2.45, 2.75) is 0 Å². The van der Waals surface area contributed by atoms with Crippen molar-refractivity contribution < 1.29 is 9.53 Å². The van der Waals surface area contributed by atoms with Crippen molar-refractivity contribution in [3.05, 3.63) is 66.5 Å². The lowest BCUT2D eigenvalue weighted by Gasteiger charge is -2.34. The number of likely N-dealkylation sites (N-methyl/N-ethyl adjacent to an activating group) is 1. The molecule has 1 fully saturated rings. The highest BCUT2D eigenvalue weighted by Crippen LogP contribution is 2.36. The SMILES string of the molecule is COc1cc(-c2cnc3[nH]cc(-c4ccc(C(=O)N(C)C)cc4)c3c2)ccc1N1CCN(C)CC1. The largest absolute Gasteiger partial charge is 0.495 e. The summed E-state index contributed by atoms with van der Waals surface area (Å²) in [5.41, 5.74) is 6.82. The molecule has 180 valence electrons. The van der Waals surface area contributed by atoms with Crippen LogP contribution < -0.4 is 9.64 Å². The number of nitrogens with zero attached hydrogens (tertiary/aromatic N) is 4. The van der Waals surface area contributed by atoms with Gasteiger partial charge in [-0.25, -0.2) is 4.98 Å². The molecule has 5 rings (SSSR count). The van der Waals surface area contributed by atoms with Gasteiger partial charge in [0.25, 0.3) is 5.91 Å². The molecule has 1 saturated heterocycles. The topological polar surface area (TPSA) is 64.7 Å². The lowest BCUT2D eigenvalue weighted by atomic mass is 10.0. The number of carbonyl (C=O) groups excluding carboxylic acids is 1. The summed E-state index contributed by atoms with van der Waals surface area (Å²) in [6.07, 6.45) is 3.87. The molecule has 1 aliphatic rings. The molecule has 0 atom stereocenters. The van der Waals surface area contributed by atoms with Crippen LogP contribution in [0.1, 0.15) is 10.4 Å². The predicted octanol–water partition coefficient (Wildman–Crippen LogP) is 4.36. The standard InChI is InChI=1S/C28H31N5O2/c1-31(2)28(34)20-7-5-19(6-8-20)24-18-30-27-23(24)15-22(17-29-27)21-9-10-25(26(16-21)35-4)33-13-11-32(3)12-14-33/h5-10,15-18H,11-14H2,1-4H3,(H,29,30). The molecule has 0 unspecified atom stereocenters. The summed E-state index contributed by atoms with van der Waals surface area (Å²) in [6, 6.07) is 16.3. The van der Waals surface area contributed by atoms with E-state index in [0.717, 1.165) is 70.9 Å². The molecule has 7 nitrogen and oxygen atoms in total. The fraction of sp³-hybridized carbons (Fsp3) is 0.286. The van der Waals surface area contributed by atoms with Crippen LogP contribution >= 0.6 is 0 Å². The summed E-state index contributed by atoms with van der Waals surface area (Å²) in [6.45, 7) is 4.08. The first kappa shape index (κ1) is 22.9. The highest BCUT2D eigenvalue weighted by Gasteiger charge is 2.19. The van der Waals surface area contributed by atoms with Crippen LogP contribution in [0.4, 0.5) is 5.69 Å². The number of anilines is 1. The maximum atomic E-state index is 12.2. The van der Waals surface area contributed by atoms with Gasteiger partial charge in [0.05, 0.1) is 12.8 Å². The monoisotopic (exact) mass is 469 g/mol. The number of H-pyrrole nitrogens is 1. The second-order valence-electron chi connectivity index (χ2n) is 9.28. The van der Waals surface area contributed by atoms with Gasteiger partial charge in [-0.05, 0) is 48.5 Å². The molecule has 0 bridgehead atoms. The van der Waals surface area contributed by atoms with Gasteiger partial charge in [-0.2, -0.15) is 0 Å². The lowest BCUT2D eigenvalue weighted by molar-refractivity contribution is 0.0827. The summed E-state index contributed by atoms with van der Waals surface area (Å²) in [5.74, 6) is 0.871. The van der Waals surface area contributed by atoms with E-state index in [9.17, 15) is 4.79 Å². The molecule has 2 aromatic heterocycles. The van der Waals surface area contributed by atoms with E-state index in [1.54, 1.807) is 26.1 Å². The van der Waals surface area contributed by atoms with Gasteiger partial charge in [0.2, 0.25) is 0 Å². The molecule has 3 heterocycles. The van der Waals surface area contributed by atoms with Crippen LogP contribution in [0.2, 0.25) is 0 Å². The van der Waals surface area contributed by atoms with Crippen molar-refractivity contribution in [2.24, 2.45) is 0 Å². The zero-order chi connectivity index (χ0) is 24.5. The van der Waals surface area contributed by atoms with E-state index >= 15 is 0 Å². The maximum absolute atomic E-state index is 12.2. The molecule has 1 N–H and O–H groups in total. The zero-order valence-electron chi connectivity index (χ0n) is 20.7. The summed E-state index contributed by atoms with van der Waals surface area (Å²) in [5, 5.41) is 1.04. The Labute approximate surface area is 205 Å². The number of amides is 1. The van der Waals surface area contributed by atoms with E-state index in [1.807, 2.05) is 36.7 Å². The van der Waals surface area contributed by atoms with E-state index in [-0.39, 0.29) is 5.91 Å². The van der Waals surface area contributed by atoms with Gasteiger partial charge in [0, 0.05) is 74.7 Å². The van der Waals surface area contributed by atoms with Crippen LogP contribution in [0.5, 0.6) is 5.75 Å². The molecule has 0 spiro atoms. The number of piperazine rings is 1. The first-order valence-corrected chi connectivity index (χ1v) is 11.9. The van der Waals surface area contributed by atoms with Crippen LogP contribution in [0.25, 0.3) is 33.3 Å². The second-order valence-corrected chi connectivity index (χ2v) is 9.28. The number of nitrogens with one attached hydrogen (secondary N) is 1. The van der Waals surface area contributed by atoms with Gasteiger partial charge in [0.15, 0.2) is 0 Å². The molecular weight excluding hydrogens is 438 g/mol. The summed E-state index contributed by atoms with van der Waals surface area (Å²) < 4.78 is 5.79. The molecule has 2 aromatic carbocycles. The zero-order valence-corrected chi connectivity index (χ0v) is 20.7. The summed E-state index contributed by atoms with van der Waals surface area (Å²) in [4.78, 5) is 26.5. The number of methoxy groups -OCH3 is 1. The molecule has 4 aromatic rings. The van der Waals surface area contributed by atoms with E-state index in [0.29, 0.717) is 5.56 Å². The average Bonchev–Trinajstić information content (AvgIpc) is 3.32. The van der Waals surface area contributed by atoms with Gasteiger partial charge in [-0.15, -0.1) is 0 Å². The van der Waals surface area contributed by atoms with Crippen molar-refractivity contribution in [1.82, 2.24) is 19.8 Å². The Bertz CT molecular complexity index is 1350. The number of pyridine rings is 1. The molecule has 1 aliphatic heterocycles. The lowest BCUT2D eigenvalue weighted by Crippen LogP contribution is -2.44. The number of aromatic nitrogens is 2. The Morgan fingerprint density at radius 1 is 0.971 bits per heavy atom. The third-order valence-corrected chi connectivity index (χ3v) is 6.74. The Hall–Kier alpha value is -3.84. The molecule has 35 heavy (non-hydrogen) atoms. The quantitative estimate of drug-likeness (QED) is 0.471. The van der Waals surface area contributed by atoms with Gasteiger partial charge >= 0.3 is 0 Å². The highest BCUT2D eigenvalue weighted by atomic mass is 16.5. The number of hydrogen-bond donors (Lipinski definition) is 1. The van der Waals surface area contributed by atoms with E-state index < -0.39 is 0 Å². The minimum atomic E-state index is -0.00611. The van der Waals surface area contributed by atoms with Gasteiger partial charge < -0.3 is 24.4 Å². The number of aromatic amines is 1. The molecule has 0 radical (unpaired) electrons. The first-order valence-electron chi connectivity index (χ1n) is 11.9. The van der Waals surface area contributed by atoms with Crippen LogP contribution in [0.3, 0.4) is 0 Å². The fourth-order valence-corrected chi connectivity index (χ4v) is 4.62. The number of hydrogen-bond acceptors (Lipinski definition) is 5. The summed E-state index contributed by atoms with van der Waals surface area (Å²) >= 11 is 0. The van der Waals surface area contributed by atoms with E-state index in [1.165, 1.54) is 0 Å².